The van der Waals surface area contributed by atoms with Gasteiger partial charge in [-0.15, -0.1) is 0 Å². The number of nitrogens with one attached hydrogen (secondary N) is 3. The lowest BCUT2D eigenvalue weighted by molar-refractivity contribution is -0.120. The number of furan rings is 1. The Balaban J connectivity index is 1.53. The highest BCUT2D eigenvalue weighted by molar-refractivity contribution is 7.08. The van der Waals surface area contributed by atoms with Gasteiger partial charge >= 0.3 is 0 Å². The van der Waals surface area contributed by atoms with Crippen molar-refractivity contribution >= 4 is 29.1 Å². The summed E-state index contributed by atoms with van der Waals surface area (Å²) in [7, 11) is 0. The topological polar surface area (TPSA) is 100 Å². The van der Waals surface area contributed by atoms with E-state index in [-0.39, 0.29) is 36.4 Å². The molecule has 2 rings (SSSR count). The van der Waals surface area contributed by atoms with E-state index in [9.17, 15) is 14.4 Å². The van der Waals surface area contributed by atoms with E-state index in [2.05, 4.69) is 16.0 Å². The Morgan fingerprint density at radius 1 is 1.00 bits per heavy atom. The van der Waals surface area contributed by atoms with Crippen molar-refractivity contribution in [2.75, 3.05) is 19.6 Å². The number of amides is 3. The first-order valence-corrected chi connectivity index (χ1v) is 8.00. The summed E-state index contributed by atoms with van der Waals surface area (Å²) in [4.78, 5) is 34.8. The van der Waals surface area contributed by atoms with Gasteiger partial charge in [0.25, 0.3) is 11.8 Å². The molecule has 0 spiro atoms. The summed E-state index contributed by atoms with van der Waals surface area (Å²) in [5, 5.41) is 11.5. The monoisotopic (exact) mass is 335 g/mol. The van der Waals surface area contributed by atoms with Crippen LogP contribution in [0.4, 0.5) is 0 Å². The van der Waals surface area contributed by atoms with Gasteiger partial charge in [0, 0.05) is 37.0 Å². The summed E-state index contributed by atoms with van der Waals surface area (Å²) < 4.78 is 4.94. The van der Waals surface area contributed by atoms with Crippen LogP contribution in [0, 0.1) is 0 Å². The molecule has 0 saturated carbocycles. The van der Waals surface area contributed by atoms with E-state index in [1.165, 1.54) is 17.6 Å². The molecule has 0 fully saturated rings. The van der Waals surface area contributed by atoms with Gasteiger partial charge in [0.2, 0.25) is 5.91 Å². The first-order chi connectivity index (χ1) is 11.2. The molecule has 0 aliphatic heterocycles. The molecular weight excluding hydrogens is 318 g/mol. The highest BCUT2D eigenvalue weighted by Crippen LogP contribution is 2.05. The Morgan fingerprint density at radius 3 is 2.48 bits per heavy atom. The normalized spacial score (nSPS) is 10.1. The highest BCUT2D eigenvalue weighted by atomic mass is 32.1. The molecule has 23 heavy (non-hydrogen) atoms. The molecule has 0 aliphatic carbocycles. The Kier molecular flexibility index (Phi) is 6.37. The van der Waals surface area contributed by atoms with E-state index in [1.807, 2.05) is 5.38 Å². The first kappa shape index (κ1) is 16.8. The standard InChI is InChI=1S/C15H17N3O4S/c19-13(3-5-17-14(20)11-4-9-23-10-11)16-6-7-18-15(21)12-2-1-8-22-12/h1-2,4,8-10H,3,5-7H2,(H,16,19)(H,17,20)(H,18,21). The van der Waals surface area contributed by atoms with Gasteiger partial charge in [0.1, 0.15) is 0 Å². The Morgan fingerprint density at radius 2 is 1.78 bits per heavy atom. The van der Waals surface area contributed by atoms with Crippen LogP contribution < -0.4 is 16.0 Å². The van der Waals surface area contributed by atoms with Crippen molar-refractivity contribution in [3.05, 3.63) is 46.5 Å². The first-order valence-electron chi connectivity index (χ1n) is 7.05. The Hall–Kier alpha value is -2.61. The van der Waals surface area contributed by atoms with E-state index >= 15 is 0 Å². The molecule has 0 atom stereocenters. The molecule has 8 heteroatoms. The number of rotatable bonds is 8. The van der Waals surface area contributed by atoms with Crippen LogP contribution in [0.5, 0.6) is 0 Å². The Labute approximate surface area is 137 Å². The smallest absolute Gasteiger partial charge is 0.287 e. The summed E-state index contributed by atoms with van der Waals surface area (Å²) in [6, 6.07) is 4.91. The molecule has 3 amide bonds. The predicted octanol–water partition coefficient (Wildman–Crippen LogP) is 1.01. The Bertz CT molecular complexity index is 638. The zero-order chi connectivity index (χ0) is 16.5. The number of hydrogen-bond donors (Lipinski definition) is 3. The van der Waals surface area contributed by atoms with Crippen LogP contribution in [-0.2, 0) is 4.79 Å². The minimum Gasteiger partial charge on any atom is -0.459 e. The van der Waals surface area contributed by atoms with Gasteiger partial charge in [-0.25, -0.2) is 0 Å². The van der Waals surface area contributed by atoms with Crippen molar-refractivity contribution in [2.24, 2.45) is 0 Å². The quantitative estimate of drug-likeness (QED) is 0.627. The van der Waals surface area contributed by atoms with Crippen LogP contribution in [0.3, 0.4) is 0 Å². The predicted molar refractivity (Wildman–Crippen MR) is 85.3 cm³/mol. The molecule has 7 nitrogen and oxygen atoms in total. The molecule has 122 valence electrons. The average molecular weight is 335 g/mol. The zero-order valence-corrected chi connectivity index (χ0v) is 13.2. The number of carbonyl (C=O) groups excluding carboxylic acids is 3. The third-order valence-corrected chi connectivity index (χ3v) is 3.58. The van der Waals surface area contributed by atoms with Crippen molar-refractivity contribution in [2.45, 2.75) is 6.42 Å². The van der Waals surface area contributed by atoms with Gasteiger partial charge in [0.05, 0.1) is 6.26 Å². The van der Waals surface area contributed by atoms with Gasteiger partial charge in [0.15, 0.2) is 5.76 Å². The largest absolute Gasteiger partial charge is 0.459 e. The van der Waals surface area contributed by atoms with E-state index in [1.54, 1.807) is 23.6 Å². The van der Waals surface area contributed by atoms with Gasteiger partial charge in [-0.2, -0.15) is 11.3 Å². The summed E-state index contributed by atoms with van der Waals surface area (Å²) >= 11 is 1.44. The molecule has 0 aliphatic rings. The number of hydrogen-bond acceptors (Lipinski definition) is 5. The van der Waals surface area contributed by atoms with Crippen LogP contribution in [0.2, 0.25) is 0 Å². The second kappa shape index (κ2) is 8.74. The van der Waals surface area contributed by atoms with Gasteiger partial charge < -0.3 is 20.4 Å². The second-order valence-corrected chi connectivity index (χ2v) is 5.38. The zero-order valence-electron chi connectivity index (χ0n) is 12.3. The van der Waals surface area contributed by atoms with Gasteiger partial charge in [-0.3, -0.25) is 14.4 Å². The van der Waals surface area contributed by atoms with Crippen molar-refractivity contribution < 1.29 is 18.8 Å². The molecule has 2 aromatic rings. The fourth-order valence-electron chi connectivity index (χ4n) is 1.75. The molecule has 0 aromatic carbocycles. The summed E-state index contributed by atoms with van der Waals surface area (Å²) in [6.07, 6.45) is 1.60. The van der Waals surface area contributed by atoms with Crippen molar-refractivity contribution in [3.63, 3.8) is 0 Å². The maximum Gasteiger partial charge on any atom is 0.287 e. The molecule has 0 bridgehead atoms. The van der Waals surface area contributed by atoms with Crippen molar-refractivity contribution in [1.29, 1.82) is 0 Å². The third-order valence-electron chi connectivity index (χ3n) is 2.90. The lowest BCUT2D eigenvalue weighted by Crippen LogP contribution is -2.36. The highest BCUT2D eigenvalue weighted by Gasteiger charge is 2.08. The van der Waals surface area contributed by atoms with Crippen molar-refractivity contribution in [3.8, 4) is 0 Å². The number of carbonyl (C=O) groups is 3. The van der Waals surface area contributed by atoms with Crippen LogP contribution >= 0.6 is 11.3 Å². The minimum absolute atomic E-state index is 0.183. The van der Waals surface area contributed by atoms with E-state index < -0.39 is 0 Å². The lowest BCUT2D eigenvalue weighted by atomic mass is 10.3. The van der Waals surface area contributed by atoms with Crippen LogP contribution in [-0.4, -0.2) is 37.4 Å². The second-order valence-electron chi connectivity index (χ2n) is 4.60. The lowest BCUT2D eigenvalue weighted by Gasteiger charge is -2.07. The fourth-order valence-corrected chi connectivity index (χ4v) is 2.38. The molecule has 0 unspecified atom stereocenters. The van der Waals surface area contributed by atoms with Gasteiger partial charge in [-0.05, 0) is 23.6 Å². The van der Waals surface area contributed by atoms with Crippen LogP contribution in [0.25, 0.3) is 0 Å². The average Bonchev–Trinajstić information content (AvgIpc) is 3.24. The summed E-state index contributed by atoms with van der Waals surface area (Å²) in [6.45, 7) is 0.871. The maximum atomic E-state index is 11.6. The van der Waals surface area contributed by atoms with Crippen LogP contribution in [0.1, 0.15) is 27.3 Å². The molecule has 0 radical (unpaired) electrons. The van der Waals surface area contributed by atoms with Crippen LogP contribution in [0.15, 0.2) is 39.6 Å². The van der Waals surface area contributed by atoms with E-state index in [4.69, 9.17) is 4.42 Å². The fraction of sp³-hybridized carbons (Fsp3) is 0.267. The summed E-state index contributed by atoms with van der Waals surface area (Å²) in [5.41, 5.74) is 0.594. The number of thiophene rings is 1. The molecule has 3 N–H and O–H groups in total. The molecule has 2 aromatic heterocycles. The SMILES string of the molecule is O=C(CCNC(=O)c1ccsc1)NCCNC(=O)c1ccco1. The van der Waals surface area contributed by atoms with E-state index in [0.717, 1.165) is 0 Å². The third kappa shape index (κ3) is 5.59. The molecule has 2 heterocycles. The van der Waals surface area contributed by atoms with Gasteiger partial charge in [-0.1, -0.05) is 0 Å². The summed E-state index contributed by atoms with van der Waals surface area (Å²) in [5.74, 6) is -0.479. The minimum atomic E-state index is -0.327. The van der Waals surface area contributed by atoms with E-state index in [0.29, 0.717) is 18.7 Å². The maximum absolute atomic E-state index is 11.6. The molecule has 0 saturated heterocycles. The van der Waals surface area contributed by atoms with Crippen molar-refractivity contribution in [1.82, 2.24) is 16.0 Å². The molecular formula is C15H17N3O4S.